The predicted molar refractivity (Wildman–Crippen MR) is 217 cm³/mol. The Morgan fingerprint density at radius 2 is 1.52 bits per heavy atom. The van der Waals surface area contributed by atoms with Crippen LogP contribution in [0.4, 0.5) is 0 Å². The molecule has 0 unspecified atom stereocenters. The third-order valence-corrected chi connectivity index (χ3v) is 15.2. The zero-order valence-electron chi connectivity index (χ0n) is 31.4. The maximum atomic E-state index is 6.53. The maximum absolute atomic E-state index is 6.53. The Morgan fingerprint density at radius 1 is 0.750 bits per heavy atom. The van der Waals surface area contributed by atoms with Gasteiger partial charge in [0.15, 0.2) is 0 Å². The maximum Gasteiger partial charge on any atom is 0 e. The third-order valence-electron chi connectivity index (χ3n) is 11.0. The van der Waals surface area contributed by atoms with E-state index in [0.29, 0.717) is 0 Å². The van der Waals surface area contributed by atoms with Gasteiger partial charge in [0.25, 0.3) is 0 Å². The van der Waals surface area contributed by atoms with Crippen molar-refractivity contribution in [2.45, 2.75) is 76.1 Å². The number of benzene rings is 4. The first kappa shape index (κ1) is 37.9. The van der Waals surface area contributed by atoms with Gasteiger partial charge in [-0.1, -0.05) is 74.0 Å². The summed E-state index contributed by atoms with van der Waals surface area (Å²) < 4.78 is 7.98. The van der Waals surface area contributed by atoms with Crippen LogP contribution in [0.1, 0.15) is 56.2 Å². The Labute approximate surface area is 326 Å². The van der Waals surface area contributed by atoms with Crippen LogP contribution in [-0.2, 0) is 25.5 Å². The van der Waals surface area contributed by atoms with Crippen molar-refractivity contribution >= 4 is 39.6 Å². The normalized spacial score (nSPS) is 13.5. The first-order valence-electron chi connectivity index (χ1n) is 18.3. The average Bonchev–Trinajstić information content (AvgIpc) is 3.81. The summed E-state index contributed by atoms with van der Waals surface area (Å²) in [6.07, 6.45) is 9.33. The van der Waals surface area contributed by atoms with Crippen LogP contribution in [0.5, 0.6) is 0 Å². The number of hydrogen-bond acceptors (Lipinski definition) is 3. The molecule has 4 aromatic carbocycles. The van der Waals surface area contributed by atoms with Crippen LogP contribution in [-0.4, -0.2) is 23.2 Å². The first-order valence-corrected chi connectivity index (χ1v) is 25.7. The molecule has 3 nitrogen and oxygen atoms in total. The van der Waals surface area contributed by atoms with E-state index in [0.717, 1.165) is 50.4 Å². The Balaban J connectivity index is 0.000000230. The van der Waals surface area contributed by atoms with Gasteiger partial charge in [0.2, 0.25) is 0 Å². The standard InChI is InChI=1S/C33H32NO.C14H16GeN.Ir/c1-21-9-7-10-22(2)31(21)23-15-16-26-27-13-8-14-28(32(27)35-30(26)19-23)29-20-25(17-18-34-29)33(3,4)24-11-5-6-12-24;1-15(2,3)13-9-10-14(16-11-13)12-7-5-4-6-8-12;/h7-10,13,15-20,24H,5-6,11-12H2,1-4H3;4-7,9-11H,1-3H3;/q2*-1;. The second-order valence-corrected chi connectivity index (χ2v) is 26.4. The smallest absolute Gasteiger partial charge is 0 e. The number of furan rings is 1. The third kappa shape index (κ3) is 7.76. The number of aryl methyl sites for hydroxylation is 2. The van der Waals surface area contributed by atoms with Crippen molar-refractivity contribution in [1.29, 1.82) is 0 Å². The molecule has 52 heavy (non-hydrogen) atoms. The summed E-state index contributed by atoms with van der Waals surface area (Å²) in [6.45, 7) is 9.12. The van der Waals surface area contributed by atoms with Gasteiger partial charge in [-0.25, -0.2) is 0 Å². The molecule has 7 aromatic rings. The molecule has 8 rings (SSSR count). The fourth-order valence-electron chi connectivity index (χ4n) is 7.76. The van der Waals surface area contributed by atoms with Crippen LogP contribution in [0.15, 0.2) is 114 Å². The van der Waals surface area contributed by atoms with E-state index in [2.05, 4.69) is 129 Å². The van der Waals surface area contributed by atoms with E-state index >= 15 is 0 Å². The molecule has 3 heterocycles. The predicted octanol–water partition coefficient (Wildman–Crippen LogP) is 12.3. The van der Waals surface area contributed by atoms with Gasteiger partial charge in [-0.05, 0) is 83.7 Å². The molecule has 5 heteroatoms. The van der Waals surface area contributed by atoms with Crippen LogP contribution in [0.3, 0.4) is 0 Å². The molecule has 0 spiro atoms. The first-order chi connectivity index (χ1) is 24.5. The fourth-order valence-corrected chi connectivity index (χ4v) is 9.93. The zero-order valence-corrected chi connectivity index (χ0v) is 35.9. The quantitative estimate of drug-likeness (QED) is 0.123. The molecule has 0 bridgehead atoms. The summed E-state index contributed by atoms with van der Waals surface area (Å²) in [5.41, 5.74) is 12.2. The number of aromatic nitrogens is 2. The molecule has 0 saturated heterocycles. The minimum atomic E-state index is -1.72. The van der Waals surface area contributed by atoms with Crippen molar-refractivity contribution in [2.75, 3.05) is 0 Å². The van der Waals surface area contributed by atoms with E-state index in [1.54, 1.807) is 0 Å². The summed E-state index contributed by atoms with van der Waals surface area (Å²) in [6, 6.07) is 40.5. The van der Waals surface area contributed by atoms with E-state index in [4.69, 9.17) is 9.40 Å². The molecule has 0 aliphatic heterocycles. The number of hydrogen-bond donors (Lipinski definition) is 0. The molecule has 1 radical (unpaired) electrons. The van der Waals surface area contributed by atoms with Gasteiger partial charge in [-0.2, -0.15) is 0 Å². The minimum absolute atomic E-state index is 0. The van der Waals surface area contributed by atoms with Gasteiger partial charge < -0.3 is 9.40 Å². The summed E-state index contributed by atoms with van der Waals surface area (Å²) in [5, 5.41) is 2.25. The van der Waals surface area contributed by atoms with Crippen LogP contribution in [0.2, 0.25) is 17.3 Å². The molecule has 1 fully saturated rings. The van der Waals surface area contributed by atoms with Crippen LogP contribution >= 0.6 is 0 Å². The second kappa shape index (κ2) is 15.6. The van der Waals surface area contributed by atoms with Crippen molar-refractivity contribution < 1.29 is 24.5 Å². The van der Waals surface area contributed by atoms with Crippen molar-refractivity contribution in [3.05, 3.63) is 138 Å². The number of fused-ring (bicyclic) bond motifs is 3. The minimum Gasteiger partial charge on any atom is 0 e. The van der Waals surface area contributed by atoms with Gasteiger partial charge in [0, 0.05) is 31.7 Å². The Bertz CT molecular complexity index is 2280. The van der Waals surface area contributed by atoms with Crippen LogP contribution in [0.25, 0.3) is 55.6 Å². The monoisotopic (exact) mass is 923 g/mol. The topological polar surface area (TPSA) is 38.9 Å². The van der Waals surface area contributed by atoms with Gasteiger partial charge in [-0.15, -0.1) is 18.2 Å². The van der Waals surface area contributed by atoms with E-state index in [1.165, 1.54) is 57.9 Å². The van der Waals surface area contributed by atoms with Gasteiger partial charge in [0.05, 0.1) is 5.58 Å². The SMILES string of the molecule is Cc1cccc(C)c1-c1ccc2c(c1)oc1c(-c3cc(C(C)(C)C4CCCC4)ccn3)[c-]ccc12.[CH3][Ge]([CH3])([CH3])[c]1ccc(-c2[c-]cccc2)nc1.[Ir]. The molecule has 0 atom stereocenters. The largest absolute Gasteiger partial charge is 0 e. The molecule has 267 valence electrons. The van der Waals surface area contributed by atoms with E-state index < -0.39 is 13.3 Å². The zero-order chi connectivity index (χ0) is 35.8. The van der Waals surface area contributed by atoms with Gasteiger partial charge in [-0.3, -0.25) is 0 Å². The molecule has 1 aliphatic rings. The molecule has 0 amide bonds. The summed E-state index contributed by atoms with van der Waals surface area (Å²) in [4.78, 5) is 9.30. The second-order valence-electron chi connectivity index (χ2n) is 15.8. The molecular formula is C47H48GeIrN2O-2. The van der Waals surface area contributed by atoms with Crippen LogP contribution in [0, 0.1) is 31.9 Å². The molecule has 1 aliphatic carbocycles. The Kier molecular flexibility index (Phi) is 11.4. The molecule has 0 N–H and O–H groups in total. The van der Waals surface area contributed by atoms with E-state index in [1.807, 2.05) is 42.7 Å². The fraction of sp³-hybridized carbons (Fsp3) is 0.277. The number of pyridine rings is 2. The van der Waals surface area contributed by atoms with Gasteiger partial charge in [0.1, 0.15) is 5.58 Å². The molecule has 3 aromatic heterocycles. The Morgan fingerprint density at radius 3 is 2.19 bits per heavy atom. The van der Waals surface area contributed by atoms with Gasteiger partial charge >= 0.3 is 99.8 Å². The van der Waals surface area contributed by atoms with Crippen molar-refractivity contribution in [2.24, 2.45) is 5.92 Å². The molecule has 1 saturated carbocycles. The van der Waals surface area contributed by atoms with Crippen molar-refractivity contribution in [1.82, 2.24) is 9.97 Å². The Hall–Kier alpha value is -3.83. The van der Waals surface area contributed by atoms with Crippen molar-refractivity contribution in [3.63, 3.8) is 0 Å². The molecular weight excluding hydrogens is 873 g/mol. The van der Waals surface area contributed by atoms with E-state index in [9.17, 15) is 0 Å². The number of rotatable bonds is 6. The van der Waals surface area contributed by atoms with Crippen molar-refractivity contribution in [3.8, 4) is 33.6 Å². The summed E-state index contributed by atoms with van der Waals surface area (Å²) >= 11 is -1.72. The average molecular weight is 922 g/mol. The number of nitrogens with zero attached hydrogens (tertiary/aromatic N) is 2. The summed E-state index contributed by atoms with van der Waals surface area (Å²) in [5.74, 6) is 7.87. The van der Waals surface area contributed by atoms with Crippen LogP contribution < -0.4 is 4.40 Å². The van der Waals surface area contributed by atoms with E-state index in [-0.39, 0.29) is 25.5 Å². The summed E-state index contributed by atoms with van der Waals surface area (Å²) in [7, 11) is 0.